The van der Waals surface area contributed by atoms with Gasteiger partial charge in [0.15, 0.2) is 8.77 Å². The highest BCUT2D eigenvalue weighted by molar-refractivity contribution is 8.29. The van der Waals surface area contributed by atoms with Gasteiger partial charge in [0.05, 0.1) is 4.90 Å². The number of hydrogen-bond acceptors (Lipinski definition) is 2. The fourth-order valence-electron chi connectivity index (χ4n) is 2.21. The highest BCUT2D eigenvalue weighted by Crippen LogP contribution is 2.18. The molecule has 0 aliphatic rings. The Morgan fingerprint density at radius 3 is 2.45 bits per heavy atom. The van der Waals surface area contributed by atoms with Crippen molar-refractivity contribution in [1.82, 2.24) is 0 Å². The molecule has 0 spiro atoms. The van der Waals surface area contributed by atoms with E-state index in [9.17, 15) is 8.76 Å². The second kappa shape index (κ2) is 6.48. The molecular formula is C16H18O2S2. The maximum absolute atomic E-state index is 11.5. The van der Waals surface area contributed by atoms with E-state index in [1.165, 1.54) is 5.56 Å². The van der Waals surface area contributed by atoms with Crippen LogP contribution in [0.4, 0.5) is 0 Å². The number of rotatable bonds is 5. The van der Waals surface area contributed by atoms with Crippen LogP contribution in [0, 0.1) is 6.92 Å². The molecule has 0 saturated heterocycles. The maximum Gasteiger partial charge on any atom is 0.171 e. The Labute approximate surface area is 125 Å². The average Bonchev–Trinajstić information content (AvgIpc) is 2.41. The zero-order valence-corrected chi connectivity index (χ0v) is 13.0. The Balaban J connectivity index is 2.06. The van der Waals surface area contributed by atoms with Gasteiger partial charge in [-0.2, -0.15) is 0 Å². The molecule has 1 unspecified atom stereocenters. The fraction of sp³-hybridized carbons (Fsp3) is 0.250. The number of benzene rings is 2. The van der Waals surface area contributed by atoms with E-state index in [0.717, 1.165) is 30.4 Å². The number of hydrogen-bond donors (Lipinski definition) is 1. The molecule has 2 aromatic rings. The van der Waals surface area contributed by atoms with Gasteiger partial charge in [-0.05, 0) is 55.0 Å². The lowest BCUT2D eigenvalue weighted by Gasteiger charge is -2.08. The predicted octanol–water partition coefficient (Wildman–Crippen LogP) is 3.75. The zero-order chi connectivity index (χ0) is 14.6. The standard InChI is InChI=1S/C16H18O2S2/c1-13-10-11-16(20(17,18)19)12-15(13)9-5-8-14-6-3-2-4-7-14/h2-4,6-7,10-12H,5,8-9H2,1H3,(H,17,18,19). The first-order valence-corrected chi connectivity index (χ1v) is 9.02. The lowest BCUT2D eigenvalue weighted by atomic mass is 10.0. The molecule has 0 heterocycles. The molecule has 0 amide bonds. The van der Waals surface area contributed by atoms with Crippen LogP contribution in [0.1, 0.15) is 23.1 Å². The minimum atomic E-state index is -3.29. The molecule has 1 atom stereocenters. The summed E-state index contributed by atoms with van der Waals surface area (Å²) in [6.07, 6.45) is 2.91. The van der Waals surface area contributed by atoms with Gasteiger partial charge >= 0.3 is 0 Å². The Hall–Kier alpha value is -1.23. The van der Waals surface area contributed by atoms with E-state index >= 15 is 0 Å². The van der Waals surface area contributed by atoms with Gasteiger partial charge in [0.2, 0.25) is 0 Å². The van der Waals surface area contributed by atoms with Crippen molar-refractivity contribution in [3.63, 3.8) is 0 Å². The van der Waals surface area contributed by atoms with Crippen molar-refractivity contribution in [2.75, 3.05) is 0 Å². The van der Waals surface area contributed by atoms with Crippen LogP contribution in [-0.4, -0.2) is 8.76 Å². The van der Waals surface area contributed by atoms with Gasteiger partial charge in [0, 0.05) is 11.2 Å². The number of aryl methyl sites for hydroxylation is 3. The Morgan fingerprint density at radius 2 is 1.80 bits per heavy atom. The quantitative estimate of drug-likeness (QED) is 0.914. The SMILES string of the molecule is Cc1ccc(S(=O)(O)=S)cc1CCCc1ccccc1. The molecular weight excluding hydrogens is 288 g/mol. The molecule has 2 rings (SSSR count). The monoisotopic (exact) mass is 306 g/mol. The summed E-state index contributed by atoms with van der Waals surface area (Å²) in [5, 5.41) is 0. The van der Waals surface area contributed by atoms with Crippen LogP contribution in [0.3, 0.4) is 0 Å². The Kier molecular flexibility index (Phi) is 4.91. The second-order valence-corrected chi connectivity index (χ2v) is 7.68. The van der Waals surface area contributed by atoms with Crippen LogP contribution in [-0.2, 0) is 32.8 Å². The molecule has 0 aliphatic heterocycles. The summed E-state index contributed by atoms with van der Waals surface area (Å²) in [6, 6.07) is 15.6. The van der Waals surface area contributed by atoms with Crippen LogP contribution >= 0.6 is 0 Å². The van der Waals surface area contributed by atoms with Crippen molar-refractivity contribution in [3.05, 3.63) is 65.2 Å². The van der Waals surface area contributed by atoms with Gasteiger partial charge in [-0.3, -0.25) is 0 Å². The molecule has 2 aromatic carbocycles. The smallest absolute Gasteiger partial charge is 0.171 e. The third-order valence-corrected chi connectivity index (χ3v) is 4.80. The molecule has 0 aliphatic carbocycles. The van der Waals surface area contributed by atoms with Gasteiger partial charge in [-0.1, -0.05) is 36.4 Å². The molecule has 0 aromatic heterocycles. The van der Waals surface area contributed by atoms with E-state index in [4.69, 9.17) is 0 Å². The summed E-state index contributed by atoms with van der Waals surface area (Å²) in [6.45, 7) is 2.02. The van der Waals surface area contributed by atoms with E-state index < -0.39 is 8.77 Å². The molecule has 0 saturated carbocycles. The Bertz CT molecular complexity index is 677. The largest absolute Gasteiger partial charge is 0.302 e. The van der Waals surface area contributed by atoms with Gasteiger partial charge in [0.25, 0.3) is 0 Å². The van der Waals surface area contributed by atoms with Crippen molar-refractivity contribution >= 4 is 20.0 Å². The fourth-order valence-corrected chi connectivity index (χ4v) is 3.05. The van der Waals surface area contributed by atoms with Crippen molar-refractivity contribution in [2.45, 2.75) is 31.1 Å². The molecule has 4 heteroatoms. The minimum absolute atomic E-state index is 0.341. The van der Waals surface area contributed by atoms with Gasteiger partial charge in [-0.25, -0.2) is 4.21 Å². The van der Waals surface area contributed by atoms with Gasteiger partial charge in [-0.15, -0.1) is 0 Å². The summed E-state index contributed by atoms with van der Waals surface area (Å²) in [5.74, 6) is 0. The molecule has 106 valence electrons. The average molecular weight is 306 g/mol. The lowest BCUT2D eigenvalue weighted by Crippen LogP contribution is -2.00. The van der Waals surface area contributed by atoms with E-state index in [1.807, 2.05) is 31.2 Å². The second-order valence-electron chi connectivity index (χ2n) is 4.90. The predicted molar refractivity (Wildman–Crippen MR) is 86.0 cm³/mol. The van der Waals surface area contributed by atoms with Crippen LogP contribution in [0.2, 0.25) is 0 Å². The summed E-state index contributed by atoms with van der Waals surface area (Å²) >= 11 is 4.63. The van der Waals surface area contributed by atoms with Crippen LogP contribution in [0.5, 0.6) is 0 Å². The van der Waals surface area contributed by atoms with Crippen molar-refractivity contribution in [3.8, 4) is 0 Å². The van der Waals surface area contributed by atoms with Crippen molar-refractivity contribution in [1.29, 1.82) is 0 Å². The molecule has 0 bridgehead atoms. The summed E-state index contributed by atoms with van der Waals surface area (Å²) < 4.78 is 21.0. The van der Waals surface area contributed by atoms with Crippen molar-refractivity contribution < 1.29 is 8.76 Å². The topological polar surface area (TPSA) is 37.3 Å². The summed E-state index contributed by atoms with van der Waals surface area (Å²) in [4.78, 5) is 0.341. The highest BCUT2D eigenvalue weighted by Gasteiger charge is 2.08. The molecule has 0 fully saturated rings. The van der Waals surface area contributed by atoms with E-state index in [2.05, 4.69) is 23.3 Å². The maximum atomic E-state index is 11.5. The van der Waals surface area contributed by atoms with Crippen LogP contribution < -0.4 is 0 Å². The van der Waals surface area contributed by atoms with Crippen LogP contribution in [0.15, 0.2) is 53.4 Å². The lowest BCUT2D eigenvalue weighted by molar-refractivity contribution is 0.561. The summed E-state index contributed by atoms with van der Waals surface area (Å²) in [7, 11) is -3.29. The van der Waals surface area contributed by atoms with Crippen molar-refractivity contribution in [2.24, 2.45) is 0 Å². The molecule has 1 N–H and O–H groups in total. The highest BCUT2D eigenvalue weighted by atomic mass is 32.8. The first-order valence-electron chi connectivity index (χ1n) is 6.58. The normalized spacial score (nSPS) is 13.9. The van der Waals surface area contributed by atoms with Crippen LogP contribution in [0.25, 0.3) is 0 Å². The summed E-state index contributed by atoms with van der Waals surface area (Å²) in [5.41, 5.74) is 3.56. The van der Waals surface area contributed by atoms with Gasteiger partial charge < -0.3 is 4.55 Å². The van der Waals surface area contributed by atoms with Gasteiger partial charge in [0.1, 0.15) is 0 Å². The van der Waals surface area contributed by atoms with E-state index in [-0.39, 0.29) is 0 Å². The molecule has 2 nitrogen and oxygen atoms in total. The zero-order valence-electron chi connectivity index (χ0n) is 11.4. The van der Waals surface area contributed by atoms with E-state index in [1.54, 1.807) is 12.1 Å². The third kappa shape index (κ3) is 4.13. The third-order valence-electron chi connectivity index (χ3n) is 3.37. The first kappa shape index (κ1) is 15.2. The first-order chi connectivity index (χ1) is 9.47. The van der Waals surface area contributed by atoms with E-state index in [0.29, 0.717) is 4.90 Å². The molecule has 0 radical (unpaired) electrons. The Morgan fingerprint density at radius 1 is 1.10 bits per heavy atom. The molecule has 20 heavy (non-hydrogen) atoms. The minimum Gasteiger partial charge on any atom is -0.302 e.